The highest BCUT2D eigenvalue weighted by Crippen LogP contribution is 2.61. The molecule has 1 aromatic heterocycles. The van der Waals surface area contributed by atoms with Gasteiger partial charge in [-0.2, -0.15) is 0 Å². The molecule has 1 spiro atoms. The summed E-state index contributed by atoms with van der Waals surface area (Å²) in [5.41, 5.74) is -0.542. The van der Waals surface area contributed by atoms with Gasteiger partial charge in [-0.3, -0.25) is 5.21 Å². The molecule has 3 heterocycles. The molecule has 1 aromatic rings. The maximum absolute atomic E-state index is 12.4. The third kappa shape index (κ3) is 3.13. The SMILES string of the molecule is CC(C)(C)OC(=O)NC1CC(c2nnc([C@@H]3CC4(CC4)[C@H]4CN3C(=O)N4O)o2)C1. The molecule has 0 radical (unpaired) electrons. The fourth-order valence-corrected chi connectivity index (χ4v) is 4.83. The van der Waals surface area contributed by atoms with Crippen molar-refractivity contribution >= 4 is 12.1 Å². The Balaban J connectivity index is 1.21. The standard InChI is InChI=1S/C19H27N5O5/c1-18(2,3)29-16(25)20-11-6-10(7-11)14-21-22-15(28-14)12-8-19(4-5-19)13-9-23(12)17(26)24(13)27/h10-13,27H,4-9H2,1-3H3,(H,20,25)/t10?,11?,12-,13+/m0/s1. The smallest absolute Gasteiger partial charge is 0.407 e. The first-order valence-corrected chi connectivity index (χ1v) is 10.3. The minimum atomic E-state index is -0.524. The van der Waals surface area contributed by atoms with Crippen LogP contribution in [0.5, 0.6) is 0 Å². The number of urea groups is 1. The number of hydrogen-bond donors (Lipinski definition) is 2. The average molecular weight is 405 g/mol. The normalized spacial score (nSPS) is 32.3. The van der Waals surface area contributed by atoms with E-state index in [1.54, 1.807) is 4.90 Å². The molecule has 2 saturated heterocycles. The summed E-state index contributed by atoms with van der Waals surface area (Å²) in [6.07, 6.45) is 3.77. The predicted octanol–water partition coefficient (Wildman–Crippen LogP) is 2.56. The fourth-order valence-electron chi connectivity index (χ4n) is 4.83. The van der Waals surface area contributed by atoms with Crippen molar-refractivity contribution < 1.29 is 24.0 Å². The quantitative estimate of drug-likeness (QED) is 0.741. The summed E-state index contributed by atoms with van der Waals surface area (Å²) in [6.45, 7) is 5.99. The molecule has 158 valence electrons. The number of fused-ring (bicyclic) bond motifs is 3. The van der Waals surface area contributed by atoms with E-state index >= 15 is 0 Å². The summed E-state index contributed by atoms with van der Waals surface area (Å²) in [5.74, 6) is 1.07. The summed E-state index contributed by atoms with van der Waals surface area (Å²) >= 11 is 0. The van der Waals surface area contributed by atoms with Gasteiger partial charge < -0.3 is 19.4 Å². The lowest BCUT2D eigenvalue weighted by Gasteiger charge is -2.35. The number of alkyl carbamates (subject to hydrolysis) is 1. The molecule has 2 aliphatic heterocycles. The Morgan fingerprint density at radius 1 is 1.28 bits per heavy atom. The second-order valence-corrected chi connectivity index (χ2v) is 9.87. The largest absolute Gasteiger partial charge is 0.444 e. The Bertz CT molecular complexity index is 838. The molecule has 10 heteroatoms. The van der Waals surface area contributed by atoms with Crippen LogP contribution in [0.2, 0.25) is 0 Å². The van der Waals surface area contributed by atoms with Gasteiger partial charge in [-0.15, -0.1) is 10.2 Å². The Hall–Kier alpha value is -2.36. The Kier molecular flexibility index (Phi) is 3.90. The number of ether oxygens (including phenoxy) is 1. The van der Waals surface area contributed by atoms with E-state index in [2.05, 4.69) is 15.5 Å². The van der Waals surface area contributed by atoms with Gasteiger partial charge in [-0.25, -0.2) is 14.7 Å². The molecule has 3 amide bonds. The topological polar surface area (TPSA) is 121 Å². The summed E-state index contributed by atoms with van der Waals surface area (Å²) in [6, 6.07) is -0.761. The van der Waals surface area contributed by atoms with Crippen molar-refractivity contribution in [3.8, 4) is 0 Å². The Labute approximate surface area is 168 Å². The minimum absolute atomic E-state index is 0.0182. The van der Waals surface area contributed by atoms with Crippen LogP contribution in [0.25, 0.3) is 0 Å². The van der Waals surface area contributed by atoms with Crippen LogP contribution < -0.4 is 5.32 Å². The number of nitrogens with zero attached hydrogens (tertiary/aromatic N) is 4. The third-order valence-corrected chi connectivity index (χ3v) is 6.63. The number of nitrogens with one attached hydrogen (secondary N) is 1. The van der Waals surface area contributed by atoms with Crippen molar-refractivity contribution in [2.45, 2.75) is 82.5 Å². The fraction of sp³-hybridized carbons (Fsp3) is 0.789. The lowest BCUT2D eigenvalue weighted by molar-refractivity contribution is -0.0783. The van der Waals surface area contributed by atoms with Crippen molar-refractivity contribution in [2.75, 3.05) is 6.54 Å². The second kappa shape index (κ2) is 6.07. The molecular weight excluding hydrogens is 378 g/mol. The molecule has 10 nitrogen and oxygen atoms in total. The number of amides is 3. The Morgan fingerprint density at radius 3 is 2.62 bits per heavy atom. The van der Waals surface area contributed by atoms with E-state index in [1.165, 1.54) is 0 Å². The maximum atomic E-state index is 12.4. The van der Waals surface area contributed by atoms with Crippen molar-refractivity contribution in [1.29, 1.82) is 0 Å². The maximum Gasteiger partial charge on any atom is 0.407 e. The zero-order valence-corrected chi connectivity index (χ0v) is 16.9. The van der Waals surface area contributed by atoms with Crippen LogP contribution >= 0.6 is 0 Å². The number of carbonyl (C=O) groups excluding carboxylic acids is 2. The van der Waals surface area contributed by atoms with Gasteiger partial charge in [-0.1, -0.05) is 0 Å². The number of hydroxylamine groups is 2. The van der Waals surface area contributed by atoms with Crippen LogP contribution in [0.1, 0.15) is 76.6 Å². The molecule has 4 aliphatic rings. The van der Waals surface area contributed by atoms with E-state index in [4.69, 9.17) is 9.15 Å². The Morgan fingerprint density at radius 2 is 1.97 bits per heavy atom. The number of rotatable bonds is 3. The first kappa shape index (κ1) is 18.7. The van der Waals surface area contributed by atoms with Crippen LogP contribution in [0.3, 0.4) is 0 Å². The van der Waals surface area contributed by atoms with Crippen molar-refractivity contribution in [1.82, 2.24) is 25.5 Å². The lowest BCUT2D eigenvalue weighted by Crippen LogP contribution is -2.45. The van der Waals surface area contributed by atoms with Crippen molar-refractivity contribution in [2.24, 2.45) is 5.41 Å². The van der Waals surface area contributed by atoms with Crippen LogP contribution in [-0.2, 0) is 4.74 Å². The molecule has 0 aromatic carbocycles. The summed E-state index contributed by atoms with van der Waals surface area (Å²) < 4.78 is 11.2. The van der Waals surface area contributed by atoms with Gasteiger partial charge in [0.1, 0.15) is 11.6 Å². The second-order valence-electron chi connectivity index (χ2n) is 9.87. The van der Waals surface area contributed by atoms with E-state index in [9.17, 15) is 14.8 Å². The molecule has 2 atom stereocenters. The van der Waals surface area contributed by atoms with E-state index in [-0.39, 0.29) is 35.5 Å². The molecule has 29 heavy (non-hydrogen) atoms. The first-order chi connectivity index (χ1) is 13.7. The average Bonchev–Trinajstić information content (AvgIpc) is 3.09. The molecule has 2 bridgehead atoms. The van der Waals surface area contributed by atoms with E-state index < -0.39 is 11.7 Å². The van der Waals surface area contributed by atoms with Crippen LogP contribution in [0.15, 0.2) is 4.42 Å². The number of hydrogen-bond acceptors (Lipinski definition) is 7. The minimum Gasteiger partial charge on any atom is -0.444 e. The summed E-state index contributed by atoms with van der Waals surface area (Å²) in [7, 11) is 0. The molecule has 4 fully saturated rings. The summed E-state index contributed by atoms with van der Waals surface area (Å²) in [5, 5.41) is 22.3. The third-order valence-electron chi connectivity index (χ3n) is 6.63. The summed E-state index contributed by atoms with van der Waals surface area (Å²) in [4.78, 5) is 25.9. The van der Waals surface area contributed by atoms with Crippen molar-refractivity contribution in [3.05, 3.63) is 11.8 Å². The van der Waals surface area contributed by atoms with Gasteiger partial charge in [0.25, 0.3) is 0 Å². The predicted molar refractivity (Wildman–Crippen MR) is 98.0 cm³/mol. The molecular formula is C19H27N5O5. The molecule has 0 unspecified atom stereocenters. The monoisotopic (exact) mass is 405 g/mol. The van der Waals surface area contributed by atoms with Gasteiger partial charge in [0.05, 0.1) is 6.04 Å². The number of piperidine rings is 1. The zero-order valence-electron chi connectivity index (χ0n) is 16.9. The highest BCUT2D eigenvalue weighted by Gasteiger charge is 2.63. The van der Waals surface area contributed by atoms with Gasteiger partial charge in [0.2, 0.25) is 11.8 Å². The van der Waals surface area contributed by atoms with Gasteiger partial charge >= 0.3 is 12.1 Å². The van der Waals surface area contributed by atoms with Crippen molar-refractivity contribution in [3.63, 3.8) is 0 Å². The van der Waals surface area contributed by atoms with Gasteiger partial charge in [-0.05, 0) is 58.3 Å². The lowest BCUT2D eigenvalue weighted by atomic mass is 9.80. The van der Waals surface area contributed by atoms with E-state index in [0.717, 1.165) is 24.3 Å². The number of carbonyl (C=O) groups is 2. The van der Waals surface area contributed by atoms with Gasteiger partial charge in [0, 0.05) is 18.5 Å². The van der Waals surface area contributed by atoms with Crippen LogP contribution in [-0.4, -0.2) is 61.7 Å². The van der Waals surface area contributed by atoms with Crippen LogP contribution in [0.4, 0.5) is 9.59 Å². The molecule has 2 saturated carbocycles. The van der Waals surface area contributed by atoms with Crippen LogP contribution in [0, 0.1) is 5.41 Å². The van der Waals surface area contributed by atoms with E-state index in [0.29, 0.717) is 31.2 Å². The molecule has 2 aliphatic carbocycles. The first-order valence-electron chi connectivity index (χ1n) is 10.3. The highest BCUT2D eigenvalue weighted by molar-refractivity contribution is 5.77. The van der Waals surface area contributed by atoms with Gasteiger partial charge in [0.15, 0.2) is 0 Å². The van der Waals surface area contributed by atoms with E-state index in [1.807, 2.05) is 20.8 Å². The number of aromatic nitrogens is 2. The molecule has 2 N–H and O–H groups in total. The molecule has 5 rings (SSSR count). The zero-order chi connectivity index (χ0) is 20.6. The highest BCUT2D eigenvalue weighted by atomic mass is 16.6.